The number of allylic oxidation sites excluding steroid dienone is 20. The van der Waals surface area contributed by atoms with Gasteiger partial charge in [0.05, 0.1) is 26.4 Å². The van der Waals surface area contributed by atoms with E-state index in [2.05, 4.69) is 142 Å². The van der Waals surface area contributed by atoms with Crippen LogP contribution < -0.4 is 0 Å². The Morgan fingerprint density at radius 3 is 0.789 bits per heavy atom. The van der Waals surface area contributed by atoms with Crippen molar-refractivity contribution in [2.24, 2.45) is 0 Å². The van der Waals surface area contributed by atoms with Crippen molar-refractivity contribution in [1.82, 2.24) is 0 Å². The van der Waals surface area contributed by atoms with Crippen LogP contribution in [0.4, 0.5) is 0 Å². The van der Waals surface area contributed by atoms with Gasteiger partial charge in [0.15, 0.2) is 6.10 Å². The van der Waals surface area contributed by atoms with E-state index in [4.69, 9.17) is 32.3 Å². The van der Waals surface area contributed by atoms with Crippen LogP contribution in [0.1, 0.15) is 380 Å². The number of carbonyl (C=O) groups excluding carboxylic acids is 3. The fourth-order valence-corrected chi connectivity index (χ4v) is 13.6. The molecule has 0 aliphatic heterocycles. The summed E-state index contributed by atoms with van der Waals surface area (Å²) >= 11 is 0. The van der Waals surface area contributed by atoms with Crippen molar-refractivity contribution in [1.29, 1.82) is 0 Å². The van der Waals surface area contributed by atoms with Gasteiger partial charge in [-0.05, 0) is 116 Å². The molecule has 0 aromatic rings. The molecule has 0 aromatic carbocycles. The molecule has 0 saturated carbocycles. The van der Waals surface area contributed by atoms with Gasteiger partial charge in [0.25, 0.3) is 0 Å². The highest BCUT2D eigenvalue weighted by atomic mass is 31.2. The molecule has 0 saturated heterocycles. The smallest absolute Gasteiger partial charge is 0.463 e. The molecule has 0 rings (SSSR count). The van der Waals surface area contributed by atoms with Crippen LogP contribution in [-0.4, -0.2) is 95.9 Å². The van der Waals surface area contributed by atoms with E-state index in [0.717, 1.165) is 128 Å². The molecule has 0 fully saturated rings. The van der Waals surface area contributed by atoms with Crippen LogP contribution in [0, 0.1) is 0 Å². The first kappa shape index (κ1) is 105. The Morgan fingerprint density at radius 2 is 0.486 bits per heavy atom. The number of phosphoric acid groups is 2. The predicted octanol–water partition coefficient (Wildman–Crippen LogP) is 26.4. The third-order valence-electron chi connectivity index (χ3n) is 18.7. The normalized spacial score (nSPS) is 14.4. The van der Waals surface area contributed by atoms with E-state index in [1.807, 2.05) is 0 Å². The molecule has 0 amide bonds. The third-order valence-corrected chi connectivity index (χ3v) is 20.6. The van der Waals surface area contributed by atoms with Crippen LogP contribution in [0.2, 0.25) is 0 Å². The number of ether oxygens (including phenoxy) is 3. The maximum atomic E-state index is 13.0. The van der Waals surface area contributed by atoms with E-state index in [9.17, 15) is 43.5 Å². The van der Waals surface area contributed by atoms with Crippen LogP contribution in [0.25, 0.3) is 0 Å². The minimum absolute atomic E-state index is 0.101. The summed E-state index contributed by atoms with van der Waals surface area (Å²) in [5.74, 6) is -1.59. The molecule has 0 spiro atoms. The molecule has 0 radical (unpaired) electrons. The molecule has 16 nitrogen and oxygen atoms in total. The zero-order chi connectivity index (χ0) is 79.4. The third kappa shape index (κ3) is 84.7. The molecule has 5 atom stereocenters. The summed E-state index contributed by atoms with van der Waals surface area (Å²) < 4.78 is 61.3. The van der Waals surface area contributed by atoms with Gasteiger partial charge < -0.3 is 34.2 Å². The predicted molar refractivity (Wildman–Crippen MR) is 454 cm³/mol. The van der Waals surface area contributed by atoms with Crippen LogP contribution in [0.3, 0.4) is 0 Å². The standard InChI is InChI=1S/C91H160O16P2/c1-4-7-10-13-16-19-22-25-28-30-32-34-36-37-38-39-40-41-42-43-44-45-46-47-49-51-52-54-57-59-62-65-68-71-74-77-89(94)101-80-86(92)81-103-108(97,98)104-82-87(93)83-105-109(99,100)106-85-88(107-91(96)79-76-73-70-67-64-61-56-27-24-21-18-15-12-9-6-3)84-102-90(95)78-75-72-69-66-63-60-58-55-53-50-48-35-33-31-29-26-23-20-17-14-11-8-5-2/h8,11,16-17,19-20,25-26,28-29,32-35,37-38,50,53,58,60,86-88,92-93H,4-7,9-10,12-15,18,21-24,27,30-31,36,39-49,51-52,54-57,59,61-85H2,1-3H3,(H,97,98)(H,99,100)/b11-8-,19-16-,20-17-,28-25-,29-26-,34-32-,35-33-,38-37-,53-50-,60-58-. The van der Waals surface area contributed by atoms with Gasteiger partial charge in [-0.15, -0.1) is 0 Å². The second-order valence-corrected chi connectivity index (χ2v) is 32.2. The van der Waals surface area contributed by atoms with E-state index < -0.39 is 91.5 Å². The molecule has 109 heavy (non-hydrogen) atoms. The Bertz CT molecular complexity index is 2460. The Balaban J connectivity index is 4.43. The minimum Gasteiger partial charge on any atom is -0.463 e. The highest BCUT2D eigenvalue weighted by Crippen LogP contribution is 2.45. The average Bonchev–Trinajstić information content (AvgIpc) is 0.916. The fourth-order valence-electron chi connectivity index (χ4n) is 12.0. The average molecular weight is 1570 g/mol. The van der Waals surface area contributed by atoms with Gasteiger partial charge >= 0.3 is 33.6 Å². The molecule has 0 bridgehead atoms. The lowest BCUT2D eigenvalue weighted by molar-refractivity contribution is -0.161. The van der Waals surface area contributed by atoms with E-state index in [1.165, 1.54) is 193 Å². The number of rotatable bonds is 83. The lowest BCUT2D eigenvalue weighted by Gasteiger charge is -2.21. The number of unbranched alkanes of at least 4 members (excludes halogenated alkanes) is 40. The number of aliphatic hydroxyl groups is 2. The van der Waals surface area contributed by atoms with Crippen LogP contribution in [0.15, 0.2) is 122 Å². The van der Waals surface area contributed by atoms with Gasteiger partial charge in [0.1, 0.15) is 25.4 Å². The van der Waals surface area contributed by atoms with Crippen molar-refractivity contribution in [2.45, 2.75) is 399 Å². The molecule has 630 valence electrons. The second-order valence-electron chi connectivity index (χ2n) is 29.3. The number of carbonyl (C=O) groups is 3. The maximum absolute atomic E-state index is 13.0. The van der Waals surface area contributed by atoms with Gasteiger partial charge in [-0.2, -0.15) is 0 Å². The molecular weight excluding hydrogens is 1410 g/mol. The number of esters is 3. The summed E-state index contributed by atoms with van der Waals surface area (Å²) in [5, 5.41) is 20.7. The summed E-state index contributed by atoms with van der Waals surface area (Å²) in [5.41, 5.74) is 0. The highest BCUT2D eigenvalue weighted by molar-refractivity contribution is 7.47. The van der Waals surface area contributed by atoms with Crippen LogP contribution in [-0.2, 0) is 55.8 Å². The summed E-state index contributed by atoms with van der Waals surface area (Å²) in [6, 6.07) is 0. The number of hydrogen-bond donors (Lipinski definition) is 4. The summed E-state index contributed by atoms with van der Waals surface area (Å²) in [4.78, 5) is 58.8. The monoisotopic (exact) mass is 1570 g/mol. The first-order valence-electron chi connectivity index (χ1n) is 43.8. The van der Waals surface area contributed by atoms with Crippen molar-refractivity contribution < 1.29 is 75.8 Å². The number of phosphoric ester groups is 2. The largest absolute Gasteiger partial charge is 0.472 e. The Hall–Kier alpha value is -4.05. The van der Waals surface area contributed by atoms with Crippen LogP contribution in [0.5, 0.6) is 0 Å². The maximum Gasteiger partial charge on any atom is 0.472 e. The van der Waals surface area contributed by atoms with Crippen LogP contribution >= 0.6 is 15.6 Å². The first-order valence-corrected chi connectivity index (χ1v) is 46.8. The highest BCUT2D eigenvalue weighted by Gasteiger charge is 2.29. The first-order chi connectivity index (χ1) is 53.2. The molecule has 18 heteroatoms. The van der Waals surface area contributed by atoms with E-state index in [1.54, 1.807) is 0 Å². The van der Waals surface area contributed by atoms with Crippen molar-refractivity contribution in [3.63, 3.8) is 0 Å². The topological polar surface area (TPSA) is 231 Å². The van der Waals surface area contributed by atoms with Crippen molar-refractivity contribution >= 4 is 33.6 Å². The number of aliphatic hydroxyl groups excluding tert-OH is 2. The quantitative estimate of drug-likeness (QED) is 0.0146. The fraction of sp³-hybridized carbons (Fsp3) is 0.747. The summed E-state index contributed by atoms with van der Waals surface area (Å²) in [6.45, 7) is 2.56. The van der Waals surface area contributed by atoms with Crippen molar-refractivity contribution in [3.8, 4) is 0 Å². The Kier molecular flexibility index (Phi) is 80.3. The lowest BCUT2D eigenvalue weighted by Crippen LogP contribution is -2.30. The zero-order valence-corrected chi connectivity index (χ0v) is 71.0. The van der Waals surface area contributed by atoms with E-state index in [-0.39, 0.29) is 19.3 Å². The van der Waals surface area contributed by atoms with Crippen molar-refractivity contribution in [3.05, 3.63) is 122 Å². The molecule has 4 N–H and O–H groups in total. The van der Waals surface area contributed by atoms with Gasteiger partial charge in [-0.1, -0.05) is 367 Å². The van der Waals surface area contributed by atoms with Gasteiger partial charge in [-0.3, -0.25) is 32.5 Å². The SMILES string of the molecule is CC/C=C\C/C=C\C/C=C\C/C=C\C/C=C\C/C=C\CCCCCCC(=O)OCC(COP(=O)(O)OCC(O)COP(=O)(O)OCC(O)COC(=O)CCCCCCCCCCCCCCCCCCCCC/C=C\C/C=C\C/C=C\C/C=C\CCCCC)OC(=O)CCCCCCCCCCCCCCCCC. The van der Waals surface area contributed by atoms with Gasteiger partial charge in [-0.25, -0.2) is 9.13 Å². The molecule has 0 aliphatic carbocycles. The molecular formula is C91H160O16P2. The summed E-state index contributed by atoms with van der Waals surface area (Å²) in [6.07, 6.45) is 101. The lowest BCUT2D eigenvalue weighted by atomic mass is 10.0. The van der Waals surface area contributed by atoms with Gasteiger partial charge in [0, 0.05) is 19.3 Å². The zero-order valence-electron chi connectivity index (χ0n) is 69.2. The molecule has 0 aromatic heterocycles. The van der Waals surface area contributed by atoms with Gasteiger partial charge in [0.2, 0.25) is 0 Å². The Morgan fingerprint density at radius 1 is 0.266 bits per heavy atom. The second kappa shape index (κ2) is 83.4. The minimum atomic E-state index is -4.94. The molecule has 0 heterocycles. The Labute approximate surface area is 665 Å². The van der Waals surface area contributed by atoms with E-state index in [0.29, 0.717) is 19.3 Å². The van der Waals surface area contributed by atoms with E-state index >= 15 is 0 Å². The number of hydrogen-bond acceptors (Lipinski definition) is 14. The molecule has 0 aliphatic rings. The summed E-state index contributed by atoms with van der Waals surface area (Å²) in [7, 11) is -9.80. The van der Waals surface area contributed by atoms with Crippen molar-refractivity contribution in [2.75, 3.05) is 39.6 Å². The molecule has 5 unspecified atom stereocenters.